The van der Waals surface area contributed by atoms with E-state index < -0.39 is 0 Å². The highest BCUT2D eigenvalue weighted by atomic mass is 14.1. The van der Waals surface area contributed by atoms with Crippen LogP contribution >= 0.6 is 0 Å². The molecule has 0 aromatic carbocycles. The maximum absolute atomic E-state index is 4.01. The quantitative estimate of drug-likeness (QED) is 0.434. The summed E-state index contributed by atoms with van der Waals surface area (Å²) in [5, 5.41) is 0. The van der Waals surface area contributed by atoms with Gasteiger partial charge in [0.15, 0.2) is 0 Å². The van der Waals surface area contributed by atoms with Crippen LogP contribution in [0.3, 0.4) is 0 Å². The van der Waals surface area contributed by atoms with E-state index in [-0.39, 0.29) is 0 Å². The zero-order valence-electron chi connectivity index (χ0n) is 6.14. The van der Waals surface area contributed by atoms with Crippen molar-refractivity contribution in [2.75, 3.05) is 0 Å². The van der Waals surface area contributed by atoms with E-state index in [1.165, 1.54) is 19.3 Å². The average molecular weight is 123 g/mol. The molecule has 0 heterocycles. The first kappa shape index (κ1) is 6.85. The third-order valence-corrected chi connectivity index (χ3v) is 1.98. The molecule has 0 amide bonds. The van der Waals surface area contributed by atoms with Crippen molar-refractivity contribution in [3.05, 3.63) is 19.1 Å². The molecule has 1 rings (SSSR count). The fraction of sp³-hybridized carbons (Fsp3) is 0.667. The average Bonchev–Trinajstić information content (AvgIpc) is 1.97. The molecule has 0 bridgehead atoms. The molecule has 1 radical (unpaired) electrons. The lowest BCUT2D eigenvalue weighted by molar-refractivity contribution is 0.507. The van der Waals surface area contributed by atoms with E-state index in [1.54, 1.807) is 0 Å². The Hall–Kier alpha value is -0.260. The Kier molecular flexibility index (Phi) is 2.32. The topological polar surface area (TPSA) is 0 Å². The van der Waals surface area contributed by atoms with Gasteiger partial charge in [0.25, 0.3) is 0 Å². The molecule has 0 nitrogen and oxygen atoms in total. The third-order valence-electron chi connectivity index (χ3n) is 1.98. The summed E-state index contributed by atoms with van der Waals surface area (Å²) in [7, 11) is 0. The Morgan fingerprint density at radius 3 is 3.00 bits per heavy atom. The highest BCUT2D eigenvalue weighted by Crippen LogP contribution is 2.20. The molecule has 0 saturated heterocycles. The van der Waals surface area contributed by atoms with E-state index in [2.05, 4.69) is 26.0 Å². The van der Waals surface area contributed by atoms with Crippen molar-refractivity contribution in [2.24, 2.45) is 11.8 Å². The SMILES string of the molecule is [CH2]C1C=CCC(C)CC1. The van der Waals surface area contributed by atoms with Crippen LogP contribution in [0, 0.1) is 18.8 Å². The Balaban J connectivity index is 2.39. The van der Waals surface area contributed by atoms with Crippen LogP contribution in [0.5, 0.6) is 0 Å². The zero-order valence-corrected chi connectivity index (χ0v) is 6.14. The summed E-state index contributed by atoms with van der Waals surface area (Å²) in [4.78, 5) is 0. The van der Waals surface area contributed by atoms with Gasteiger partial charge in [-0.2, -0.15) is 0 Å². The number of rotatable bonds is 0. The Labute approximate surface area is 58.0 Å². The lowest BCUT2D eigenvalue weighted by Gasteiger charge is -2.05. The van der Waals surface area contributed by atoms with Crippen LogP contribution < -0.4 is 0 Å². The minimum absolute atomic E-state index is 0.579. The summed E-state index contributed by atoms with van der Waals surface area (Å²) in [6, 6.07) is 0. The van der Waals surface area contributed by atoms with Gasteiger partial charge in [-0.15, -0.1) is 0 Å². The van der Waals surface area contributed by atoms with Gasteiger partial charge in [0.2, 0.25) is 0 Å². The van der Waals surface area contributed by atoms with Gasteiger partial charge in [-0.05, 0) is 38.0 Å². The van der Waals surface area contributed by atoms with Gasteiger partial charge >= 0.3 is 0 Å². The molecule has 0 aromatic rings. The summed E-state index contributed by atoms with van der Waals surface area (Å²) < 4.78 is 0. The predicted molar refractivity (Wildman–Crippen MR) is 41.0 cm³/mol. The minimum atomic E-state index is 0.579. The van der Waals surface area contributed by atoms with E-state index in [0.717, 1.165) is 5.92 Å². The predicted octanol–water partition coefficient (Wildman–Crippen LogP) is 2.81. The smallest absolute Gasteiger partial charge is 0.0233 e. The Morgan fingerprint density at radius 1 is 1.44 bits per heavy atom. The van der Waals surface area contributed by atoms with Crippen LogP contribution in [0.25, 0.3) is 0 Å². The number of allylic oxidation sites excluding steroid dienone is 2. The van der Waals surface area contributed by atoms with Crippen molar-refractivity contribution < 1.29 is 0 Å². The van der Waals surface area contributed by atoms with Crippen molar-refractivity contribution >= 4 is 0 Å². The van der Waals surface area contributed by atoms with Gasteiger partial charge in [0, 0.05) is 0 Å². The number of hydrogen-bond donors (Lipinski definition) is 0. The first-order valence-electron chi connectivity index (χ1n) is 3.79. The standard InChI is InChI=1S/C9H15/c1-8-4-3-5-9(2)7-6-8/h3-4,8-9H,1,5-7H2,2H3. The molecule has 0 aliphatic heterocycles. The molecule has 1 aliphatic carbocycles. The van der Waals surface area contributed by atoms with E-state index in [0.29, 0.717) is 5.92 Å². The zero-order chi connectivity index (χ0) is 6.69. The van der Waals surface area contributed by atoms with Crippen LogP contribution in [0.1, 0.15) is 26.2 Å². The van der Waals surface area contributed by atoms with Crippen molar-refractivity contribution in [1.29, 1.82) is 0 Å². The molecule has 0 saturated carbocycles. The van der Waals surface area contributed by atoms with Crippen molar-refractivity contribution in [3.63, 3.8) is 0 Å². The number of hydrogen-bond acceptors (Lipinski definition) is 0. The summed E-state index contributed by atoms with van der Waals surface area (Å²) in [6.45, 7) is 6.31. The summed E-state index contributed by atoms with van der Waals surface area (Å²) in [5.41, 5.74) is 0. The van der Waals surface area contributed by atoms with Gasteiger partial charge in [0.1, 0.15) is 0 Å². The molecule has 0 N–H and O–H groups in total. The first-order chi connectivity index (χ1) is 4.29. The molecule has 0 fully saturated rings. The Bertz CT molecular complexity index is 103. The van der Waals surface area contributed by atoms with Crippen molar-refractivity contribution in [3.8, 4) is 0 Å². The minimum Gasteiger partial charge on any atom is -0.0880 e. The Morgan fingerprint density at radius 2 is 2.22 bits per heavy atom. The molecule has 0 heteroatoms. The van der Waals surface area contributed by atoms with E-state index >= 15 is 0 Å². The fourth-order valence-electron chi connectivity index (χ4n) is 1.22. The lowest BCUT2D eigenvalue weighted by atomic mass is 10.0. The highest BCUT2D eigenvalue weighted by Gasteiger charge is 2.06. The largest absolute Gasteiger partial charge is 0.0880 e. The molecular formula is C9H15. The van der Waals surface area contributed by atoms with Crippen molar-refractivity contribution in [1.82, 2.24) is 0 Å². The van der Waals surface area contributed by atoms with Gasteiger partial charge < -0.3 is 0 Å². The second-order valence-electron chi connectivity index (χ2n) is 3.11. The van der Waals surface area contributed by atoms with Crippen LogP contribution in [-0.4, -0.2) is 0 Å². The van der Waals surface area contributed by atoms with Crippen molar-refractivity contribution in [2.45, 2.75) is 26.2 Å². The fourth-order valence-corrected chi connectivity index (χ4v) is 1.22. The normalized spacial score (nSPS) is 36.2. The highest BCUT2D eigenvalue weighted by molar-refractivity contribution is 4.93. The van der Waals surface area contributed by atoms with Gasteiger partial charge in [-0.1, -0.05) is 19.1 Å². The van der Waals surface area contributed by atoms with Gasteiger partial charge in [0.05, 0.1) is 0 Å². The second-order valence-corrected chi connectivity index (χ2v) is 3.11. The molecule has 0 aromatic heterocycles. The summed E-state index contributed by atoms with van der Waals surface area (Å²) >= 11 is 0. The third kappa shape index (κ3) is 2.21. The van der Waals surface area contributed by atoms with Crippen LogP contribution in [0.4, 0.5) is 0 Å². The van der Waals surface area contributed by atoms with E-state index in [9.17, 15) is 0 Å². The molecule has 51 valence electrons. The van der Waals surface area contributed by atoms with Gasteiger partial charge in [-0.25, -0.2) is 0 Å². The first-order valence-corrected chi connectivity index (χ1v) is 3.79. The maximum Gasteiger partial charge on any atom is -0.0233 e. The monoisotopic (exact) mass is 123 g/mol. The van der Waals surface area contributed by atoms with Crippen LogP contribution in [-0.2, 0) is 0 Å². The molecule has 1 aliphatic rings. The summed E-state index contributed by atoms with van der Waals surface area (Å²) in [6.07, 6.45) is 8.39. The molecular weight excluding hydrogens is 108 g/mol. The van der Waals surface area contributed by atoms with Crippen LogP contribution in [0.15, 0.2) is 12.2 Å². The molecule has 2 unspecified atom stereocenters. The van der Waals surface area contributed by atoms with E-state index in [1.807, 2.05) is 0 Å². The molecule has 9 heavy (non-hydrogen) atoms. The van der Waals surface area contributed by atoms with Crippen LogP contribution in [0.2, 0.25) is 0 Å². The maximum atomic E-state index is 4.01. The summed E-state index contributed by atoms with van der Waals surface area (Å²) in [5.74, 6) is 1.46. The molecule has 0 spiro atoms. The molecule has 2 atom stereocenters. The van der Waals surface area contributed by atoms with E-state index in [4.69, 9.17) is 0 Å². The second kappa shape index (κ2) is 3.05. The van der Waals surface area contributed by atoms with Gasteiger partial charge in [-0.3, -0.25) is 0 Å². The lowest BCUT2D eigenvalue weighted by Crippen LogP contribution is -1.92.